The van der Waals surface area contributed by atoms with Gasteiger partial charge in [-0.05, 0) is 108 Å². The average molecular weight is 1260 g/mol. The number of carboxylic acids is 1. The van der Waals surface area contributed by atoms with Crippen molar-refractivity contribution in [1.82, 2.24) is 41.4 Å². The number of alkyl carbamates (subject to hydrolysis) is 1. The largest absolute Gasteiger partial charge is 0.478 e. The van der Waals surface area contributed by atoms with Crippen LogP contribution >= 0.6 is 0 Å². The number of ether oxygens (including phenoxy) is 1. The minimum atomic E-state index is -1.25. The summed E-state index contributed by atoms with van der Waals surface area (Å²) in [5.41, 5.74) is 9.61. The van der Waals surface area contributed by atoms with Gasteiger partial charge in [0.25, 0.3) is 0 Å². The molecule has 0 saturated carbocycles. The molecule has 8 amide bonds. The number of hydrogen-bond acceptors (Lipinski definition) is 12. The first kappa shape index (κ1) is 71.9. The Balaban J connectivity index is 1.06. The summed E-state index contributed by atoms with van der Waals surface area (Å²) in [5, 5.41) is 30.9. The number of benzene rings is 4. The number of aliphatic carboxylic acids is 1. The molecule has 0 radical (unpaired) electrons. The minimum Gasteiger partial charge on any atom is -0.478 e. The fraction of sp³-hybridized carbons (Fsp3) is 0.443. The van der Waals surface area contributed by atoms with E-state index in [2.05, 4.69) is 37.2 Å². The van der Waals surface area contributed by atoms with E-state index in [1.165, 1.54) is 6.92 Å². The molecule has 5 atom stereocenters. The highest BCUT2D eigenvalue weighted by molar-refractivity contribution is 6.00. The first-order valence-electron chi connectivity index (χ1n) is 31.2. The summed E-state index contributed by atoms with van der Waals surface area (Å²) in [6, 6.07) is 23.5. The SMILES string of the molecule is CN[C@](C=O)(CN[C@H](C(=O)N(C)[C@H](/C=C(\C)C(=O)O)C(C)C)C(C)(C)C)C(C)(C)c1cn(C)c2ccc(CNC(=O)OCc3ccc(NC(=O)[C@H](CCCNC(N)=O)NC(=O)[C@@H](NC(=O)CCC(=O)N4Cc5ccccc5/C=C\c5ccccc54)C(C)C)cc3)cc12. The normalized spacial score (nSPS) is 14.8. The molecule has 0 spiro atoms. The highest BCUT2D eigenvalue weighted by atomic mass is 16.5. The van der Waals surface area contributed by atoms with Crippen LogP contribution in [0.4, 0.5) is 21.0 Å². The summed E-state index contributed by atoms with van der Waals surface area (Å²) in [4.78, 5) is 123. The average Bonchev–Trinajstić information content (AvgIpc) is 1.51. The van der Waals surface area contributed by atoms with Gasteiger partial charge in [-0.2, -0.15) is 0 Å². The highest BCUT2D eigenvalue weighted by Gasteiger charge is 2.48. The van der Waals surface area contributed by atoms with Crippen LogP contribution in [0.2, 0.25) is 0 Å². The number of nitrogens with one attached hydrogen (secondary N) is 7. The van der Waals surface area contributed by atoms with E-state index in [9.17, 15) is 48.3 Å². The van der Waals surface area contributed by atoms with Gasteiger partial charge in [0, 0.05) is 80.3 Å². The molecule has 1 aliphatic rings. The number of aromatic nitrogens is 1. The number of carbonyl (C=O) groups is 9. The van der Waals surface area contributed by atoms with Gasteiger partial charge in [-0.3, -0.25) is 24.0 Å². The maximum atomic E-state index is 14.4. The molecule has 2 heterocycles. The number of rotatable bonds is 29. The van der Waals surface area contributed by atoms with Crippen LogP contribution in [0.5, 0.6) is 0 Å². The van der Waals surface area contributed by atoms with Gasteiger partial charge >= 0.3 is 18.1 Å². The molecule has 5 aromatic rings. The van der Waals surface area contributed by atoms with Crippen molar-refractivity contribution in [3.8, 4) is 0 Å². The number of likely N-dealkylation sites (N-methyl/N-ethyl adjacent to an activating group) is 2. The van der Waals surface area contributed by atoms with Gasteiger partial charge in [0.05, 0.1) is 29.9 Å². The molecule has 0 saturated heterocycles. The second-order valence-electron chi connectivity index (χ2n) is 26.0. The van der Waals surface area contributed by atoms with Gasteiger partial charge in [0.2, 0.25) is 29.5 Å². The molecule has 0 aliphatic carbocycles. The number of nitrogens with zero attached hydrogens (tertiary/aromatic N) is 3. The van der Waals surface area contributed by atoms with Gasteiger partial charge in [-0.25, -0.2) is 14.4 Å². The van der Waals surface area contributed by atoms with E-state index in [-0.39, 0.29) is 75.2 Å². The number of carboxylic acid groups (broad SMARTS) is 1. The number of anilines is 2. The van der Waals surface area contributed by atoms with Gasteiger partial charge in [0.1, 0.15) is 25.0 Å². The Morgan fingerprint density at radius 3 is 2.09 bits per heavy atom. The number of para-hydroxylation sites is 1. The topological polar surface area (TPSA) is 305 Å². The fourth-order valence-corrected chi connectivity index (χ4v) is 11.5. The van der Waals surface area contributed by atoms with Crippen molar-refractivity contribution >= 4 is 88.3 Å². The molecule has 0 bridgehead atoms. The third-order valence-corrected chi connectivity index (χ3v) is 17.2. The fourth-order valence-electron chi connectivity index (χ4n) is 11.5. The summed E-state index contributed by atoms with van der Waals surface area (Å²) in [6.45, 7) is 19.1. The number of carbonyl (C=O) groups excluding carboxylic acids is 8. The summed E-state index contributed by atoms with van der Waals surface area (Å²) in [5.74, 6) is -3.79. The van der Waals surface area contributed by atoms with E-state index in [0.29, 0.717) is 17.8 Å². The van der Waals surface area contributed by atoms with Crippen LogP contribution in [-0.4, -0.2) is 125 Å². The molecule has 92 heavy (non-hydrogen) atoms. The van der Waals surface area contributed by atoms with Crippen LogP contribution in [0, 0.1) is 17.3 Å². The van der Waals surface area contributed by atoms with Crippen molar-refractivity contribution in [3.05, 3.63) is 142 Å². The van der Waals surface area contributed by atoms with Crippen LogP contribution < -0.4 is 47.9 Å². The van der Waals surface area contributed by atoms with Crippen LogP contribution in [0.1, 0.15) is 128 Å². The van der Waals surface area contributed by atoms with E-state index < -0.39 is 82.3 Å². The number of aldehydes is 1. The Morgan fingerprint density at radius 1 is 0.804 bits per heavy atom. The molecule has 4 aromatic carbocycles. The lowest BCUT2D eigenvalue weighted by atomic mass is 9.67. The maximum absolute atomic E-state index is 14.4. The maximum Gasteiger partial charge on any atom is 0.407 e. The Labute approximate surface area is 539 Å². The van der Waals surface area contributed by atoms with Crippen LogP contribution in [0.15, 0.2) is 109 Å². The minimum absolute atomic E-state index is 0.0553. The van der Waals surface area contributed by atoms with Gasteiger partial charge < -0.3 is 72.0 Å². The molecule has 494 valence electrons. The Bertz CT molecular complexity index is 3550. The third kappa shape index (κ3) is 18.3. The highest BCUT2D eigenvalue weighted by Crippen LogP contribution is 2.40. The lowest BCUT2D eigenvalue weighted by Gasteiger charge is -2.45. The second kappa shape index (κ2) is 31.7. The lowest BCUT2D eigenvalue weighted by molar-refractivity contribution is -0.137. The van der Waals surface area contributed by atoms with E-state index in [0.717, 1.165) is 50.7 Å². The molecule has 10 N–H and O–H groups in total. The molecule has 22 heteroatoms. The van der Waals surface area contributed by atoms with Crippen LogP contribution in [0.3, 0.4) is 0 Å². The monoisotopic (exact) mass is 1260 g/mol. The van der Waals surface area contributed by atoms with Crippen molar-refractivity contribution in [2.75, 3.05) is 37.4 Å². The third-order valence-electron chi connectivity index (χ3n) is 17.2. The van der Waals surface area contributed by atoms with Crippen molar-refractivity contribution < 1.29 is 53.0 Å². The second-order valence-corrected chi connectivity index (χ2v) is 26.0. The zero-order chi connectivity index (χ0) is 67.8. The molecule has 0 fully saturated rings. The number of urea groups is 1. The first-order valence-corrected chi connectivity index (χ1v) is 31.2. The van der Waals surface area contributed by atoms with Crippen molar-refractivity contribution in [1.29, 1.82) is 0 Å². The molecular formula is C70H93N11O11. The number of primary amides is 1. The lowest BCUT2D eigenvalue weighted by Crippen LogP contribution is -2.66. The number of aryl methyl sites for hydroxylation is 1. The summed E-state index contributed by atoms with van der Waals surface area (Å²) >= 11 is 0. The van der Waals surface area contributed by atoms with Crippen molar-refractivity contribution in [2.24, 2.45) is 30.0 Å². The molecular weight excluding hydrogens is 1170 g/mol. The Hall–Kier alpha value is -9.15. The quantitative estimate of drug-likeness (QED) is 0.0124. The predicted molar refractivity (Wildman–Crippen MR) is 358 cm³/mol. The standard InChI is InChI=1S/C70H93N11O11/c1-43(2)57(35-45(5)65(88)89)80(13)64(87)61(68(6,7)8)75-41-70(42-82,72-11)69(9,10)53-39-79(12)56-31-26-47(36-52(53)56)37-74-67(91)92-40-46-24-29-51(30-25-46)76-62(85)54(22-18-34-73-66(71)90)77-63(86)60(44(3)4)78-58(83)32-33-59(84)81-38-50-21-15-14-19-48(50)27-28-49-20-16-17-23-55(49)81/h14-17,19-21,23-31,35-36,39,42-44,54,57,60-61,72,75H,18,22,32-34,37-38,40-41H2,1-13H3,(H,74,91)(H,76,85)(H,77,86)(H,78,83)(H,88,89)(H3,71,73,90)/b28-27-,45-35+/t54-,57+,60-,61+,70-/m0/s1. The molecule has 6 rings (SSSR count). The van der Waals surface area contributed by atoms with Gasteiger partial charge in [-0.1, -0.05) is 141 Å². The van der Waals surface area contributed by atoms with E-state index in [1.807, 2.05) is 145 Å². The van der Waals surface area contributed by atoms with Crippen molar-refractivity contribution in [3.63, 3.8) is 0 Å². The summed E-state index contributed by atoms with van der Waals surface area (Å²) in [7, 11) is 5.29. The first-order chi connectivity index (χ1) is 43.4. The summed E-state index contributed by atoms with van der Waals surface area (Å²) in [6.07, 6.45) is 7.77. The number of fused-ring (bicyclic) bond motifs is 3. The van der Waals surface area contributed by atoms with E-state index in [4.69, 9.17) is 10.5 Å². The summed E-state index contributed by atoms with van der Waals surface area (Å²) < 4.78 is 7.56. The smallest absolute Gasteiger partial charge is 0.407 e. The van der Waals surface area contributed by atoms with Gasteiger partial charge in [0.15, 0.2) is 0 Å². The van der Waals surface area contributed by atoms with Crippen molar-refractivity contribution in [2.45, 2.75) is 150 Å². The van der Waals surface area contributed by atoms with Crippen LogP contribution in [0.25, 0.3) is 23.1 Å². The zero-order valence-corrected chi connectivity index (χ0v) is 55.3. The number of amides is 8. The molecule has 1 aliphatic heterocycles. The zero-order valence-electron chi connectivity index (χ0n) is 55.3. The Kier molecular flexibility index (Phi) is 24.8. The van der Waals surface area contributed by atoms with Gasteiger partial charge in [-0.15, -0.1) is 0 Å². The van der Waals surface area contributed by atoms with Crippen LogP contribution in [-0.2, 0) is 70.5 Å². The number of nitrogens with two attached hydrogens (primary N) is 1. The predicted octanol–water partition coefficient (Wildman–Crippen LogP) is 8.07. The molecule has 0 unspecified atom stereocenters. The molecule has 1 aromatic heterocycles. The molecule has 22 nitrogen and oxygen atoms in total. The van der Waals surface area contributed by atoms with E-state index in [1.54, 1.807) is 68.1 Å². The Morgan fingerprint density at radius 2 is 1.46 bits per heavy atom. The number of hydrogen-bond donors (Lipinski definition) is 9. The van der Waals surface area contributed by atoms with E-state index >= 15 is 0 Å².